The van der Waals surface area contributed by atoms with Crippen LogP contribution >= 0.6 is 0 Å². The van der Waals surface area contributed by atoms with E-state index < -0.39 is 0 Å². The lowest BCUT2D eigenvalue weighted by atomic mass is 10.1. The second-order valence-corrected chi connectivity index (χ2v) is 9.02. The molecule has 7 aromatic rings. The highest BCUT2D eigenvalue weighted by molar-refractivity contribution is 6.04. The topological polar surface area (TPSA) is 125 Å². The molecule has 0 unspecified atom stereocenters. The maximum atomic E-state index is 12.6. The van der Waals surface area contributed by atoms with Gasteiger partial charge in [0.05, 0.1) is 40.5 Å². The molecule has 0 aliphatic rings. The second kappa shape index (κ2) is 9.31. The predicted octanol–water partition coefficient (Wildman–Crippen LogP) is 5.88. The van der Waals surface area contributed by atoms with Gasteiger partial charge in [-0.1, -0.05) is 24.3 Å². The van der Waals surface area contributed by atoms with Gasteiger partial charge in [-0.2, -0.15) is 5.10 Å². The van der Waals surface area contributed by atoms with E-state index in [1.807, 2.05) is 60.9 Å². The fourth-order valence-corrected chi connectivity index (χ4v) is 4.62. The summed E-state index contributed by atoms with van der Waals surface area (Å²) in [7, 11) is 0. The Kier molecular flexibility index (Phi) is 5.37. The summed E-state index contributed by atoms with van der Waals surface area (Å²) in [6, 6.07) is 20.7. The van der Waals surface area contributed by atoms with Gasteiger partial charge in [0, 0.05) is 52.4 Å². The normalized spacial score (nSPS) is 11.2. The molecule has 0 bridgehead atoms. The number of carbonyl (C=O) groups excluding carboxylic acids is 1. The molecule has 1 aromatic carbocycles. The molecule has 7 rings (SSSR count). The van der Waals surface area contributed by atoms with Crippen LogP contribution in [0.1, 0.15) is 10.4 Å². The fraction of sp³-hybridized carbons (Fsp3) is 0. The Morgan fingerprint density at radius 2 is 1.64 bits per heavy atom. The van der Waals surface area contributed by atoms with E-state index in [1.54, 1.807) is 36.9 Å². The highest BCUT2D eigenvalue weighted by Crippen LogP contribution is 2.33. The van der Waals surface area contributed by atoms with Crippen LogP contribution in [0, 0.1) is 0 Å². The predicted molar refractivity (Wildman–Crippen MR) is 150 cm³/mol. The summed E-state index contributed by atoms with van der Waals surface area (Å²) in [6.45, 7) is 0. The van der Waals surface area contributed by atoms with Crippen molar-refractivity contribution in [2.45, 2.75) is 0 Å². The van der Waals surface area contributed by atoms with Crippen LogP contribution < -0.4 is 5.32 Å². The first kappa shape index (κ1) is 22.5. The Morgan fingerprint density at radius 1 is 0.769 bits per heavy atom. The largest absolute Gasteiger partial charge is 0.352 e. The van der Waals surface area contributed by atoms with Crippen molar-refractivity contribution in [3.63, 3.8) is 0 Å². The zero-order chi connectivity index (χ0) is 26.2. The molecule has 9 heteroatoms. The van der Waals surface area contributed by atoms with E-state index in [0.717, 1.165) is 38.8 Å². The van der Waals surface area contributed by atoms with Crippen LogP contribution in [0.4, 0.5) is 5.69 Å². The maximum Gasteiger partial charge on any atom is 0.255 e. The lowest BCUT2D eigenvalue weighted by Gasteiger charge is -2.07. The number of hydrogen-bond donors (Lipinski definition) is 3. The molecule has 0 saturated heterocycles. The first-order valence-electron chi connectivity index (χ1n) is 12.3. The van der Waals surface area contributed by atoms with Crippen LogP contribution in [-0.2, 0) is 0 Å². The van der Waals surface area contributed by atoms with Crippen molar-refractivity contribution in [3.05, 3.63) is 109 Å². The Bertz CT molecular complexity index is 1960. The summed E-state index contributed by atoms with van der Waals surface area (Å²) in [5.41, 5.74) is 8.54. The van der Waals surface area contributed by atoms with Crippen molar-refractivity contribution < 1.29 is 4.79 Å². The lowest BCUT2D eigenvalue weighted by molar-refractivity contribution is 0.102. The minimum Gasteiger partial charge on any atom is -0.352 e. The molecule has 3 N–H and O–H groups in total. The van der Waals surface area contributed by atoms with Crippen molar-refractivity contribution in [2.75, 3.05) is 5.32 Å². The summed E-state index contributed by atoms with van der Waals surface area (Å²) in [6.07, 6.45) is 10.6. The van der Waals surface area contributed by atoms with Crippen LogP contribution in [0.2, 0.25) is 0 Å². The Labute approximate surface area is 222 Å². The summed E-state index contributed by atoms with van der Waals surface area (Å²) in [4.78, 5) is 34.0. The van der Waals surface area contributed by atoms with E-state index in [9.17, 15) is 4.79 Å². The van der Waals surface area contributed by atoms with E-state index in [0.29, 0.717) is 28.2 Å². The monoisotopic (exact) mass is 508 g/mol. The average molecular weight is 509 g/mol. The zero-order valence-electron chi connectivity index (χ0n) is 20.5. The van der Waals surface area contributed by atoms with Gasteiger partial charge < -0.3 is 10.3 Å². The number of amides is 1. The molecule has 1 amide bonds. The van der Waals surface area contributed by atoms with Gasteiger partial charge in [0.25, 0.3) is 5.91 Å². The van der Waals surface area contributed by atoms with Gasteiger partial charge in [-0.15, -0.1) is 0 Å². The van der Waals surface area contributed by atoms with Crippen molar-refractivity contribution in [3.8, 4) is 33.8 Å². The third-order valence-corrected chi connectivity index (χ3v) is 6.51. The van der Waals surface area contributed by atoms with Crippen LogP contribution in [0.25, 0.3) is 55.7 Å². The molecule has 186 valence electrons. The van der Waals surface area contributed by atoms with Gasteiger partial charge in [0.2, 0.25) is 0 Å². The Morgan fingerprint density at radius 3 is 2.51 bits per heavy atom. The third kappa shape index (κ3) is 4.17. The van der Waals surface area contributed by atoms with Crippen LogP contribution in [0.15, 0.2) is 104 Å². The first-order chi connectivity index (χ1) is 19.2. The van der Waals surface area contributed by atoms with Crippen molar-refractivity contribution in [1.29, 1.82) is 0 Å². The molecule has 0 atom stereocenters. The standard InChI is InChI=1S/C30H20N8O/c39-30(18-5-2-1-3-6-18)34-21-11-20(14-32-15-21)24-8-9-25-28(36-24)29(38-37-25)26-12-22-23(16-33-17-27(22)35-26)19-7-4-10-31-13-19/h1-17,35H,(H,34,39)(H,37,38). The zero-order valence-corrected chi connectivity index (χ0v) is 20.5. The first-order valence-corrected chi connectivity index (χ1v) is 12.3. The lowest BCUT2D eigenvalue weighted by Crippen LogP contribution is -2.11. The average Bonchev–Trinajstić information content (AvgIpc) is 3.62. The number of rotatable bonds is 5. The Balaban J connectivity index is 1.25. The molecule has 0 spiro atoms. The molecule has 0 aliphatic heterocycles. The number of benzene rings is 1. The van der Waals surface area contributed by atoms with E-state index in [2.05, 4.69) is 41.5 Å². The number of anilines is 1. The number of aromatic amines is 2. The third-order valence-electron chi connectivity index (χ3n) is 6.51. The highest BCUT2D eigenvalue weighted by atomic mass is 16.1. The minimum atomic E-state index is -0.200. The maximum absolute atomic E-state index is 12.6. The summed E-state index contributed by atoms with van der Waals surface area (Å²) < 4.78 is 0. The number of nitrogens with one attached hydrogen (secondary N) is 3. The number of H-pyrrole nitrogens is 2. The van der Waals surface area contributed by atoms with Gasteiger partial charge >= 0.3 is 0 Å². The number of carbonyl (C=O) groups is 1. The van der Waals surface area contributed by atoms with E-state index in [4.69, 9.17) is 4.98 Å². The fourth-order valence-electron chi connectivity index (χ4n) is 4.62. The van der Waals surface area contributed by atoms with Gasteiger partial charge in [-0.3, -0.25) is 24.8 Å². The van der Waals surface area contributed by atoms with Crippen molar-refractivity contribution >= 4 is 33.5 Å². The number of aromatic nitrogens is 7. The molecular weight excluding hydrogens is 488 g/mol. The van der Waals surface area contributed by atoms with E-state index in [-0.39, 0.29) is 5.91 Å². The number of hydrogen-bond acceptors (Lipinski definition) is 6. The van der Waals surface area contributed by atoms with Gasteiger partial charge in [-0.05, 0) is 42.5 Å². The summed E-state index contributed by atoms with van der Waals surface area (Å²) >= 11 is 0. The Hall–Kier alpha value is -5.70. The highest BCUT2D eigenvalue weighted by Gasteiger charge is 2.16. The minimum absolute atomic E-state index is 0.200. The van der Waals surface area contributed by atoms with Gasteiger partial charge in [-0.25, -0.2) is 4.98 Å². The summed E-state index contributed by atoms with van der Waals surface area (Å²) in [5, 5.41) is 11.6. The second-order valence-electron chi connectivity index (χ2n) is 9.02. The van der Waals surface area contributed by atoms with Gasteiger partial charge in [0.15, 0.2) is 0 Å². The number of pyridine rings is 4. The van der Waals surface area contributed by atoms with Crippen LogP contribution in [0.3, 0.4) is 0 Å². The number of fused-ring (bicyclic) bond motifs is 2. The van der Waals surface area contributed by atoms with Crippen molar-refractivity contribution in [2.24, 2.45) is 0 Å². The van der Waals surface area contributed by atoms with Crippen LogP contribution in [-0.4, -0.2) is 41.0 Å². The van der Waals surface area contributed by atoms with Crippen LogP contribution in [0.5, 0.6) is 0 Å². The molecule has 0 saturated carbocycles. The quantitative estimate of drug-likeness (QED) is 0.267. The molecule has 39 heavy (non-hydrogen) atoms. The van der Waals surface area contributed by atoms with Crippen molar-refractivity contribution in [1.82, 2.24) is 35.1 Å². The van der Waals surface area contributed by atoms with E-state index >= 15 is 0 Å². The molecule has 0 fully saturated rings. The van der Waals surface area contributed by atoms with Gasteiger partial charge in [0.1, 0.15) is 11.2 Å². The molecule has 9 nitrogen and oxygen atoms in total. The molecular formula is C30H20N8O. The molecule has 0 aliphatic carbocycles. The molecule has 6 aromatic heterocycles. The SMILES string of the molecule is O=C(Nc1cncc(-c2ccc3[nH]nc(-c4cc5c(-c6cccnc6)cncc5[nH]4)c3n2)c1)c1ccccc1. The van der Waals surface area contributed by atoms with E-state index in [1.165, 1.54) is 0 Å². The summed E-state index contributed by atoms with van der Waals surface area (Å²) in [5.74, 6) is -0.200. The number of nitrogens with zero attached hydrogens (tertiary/aromatic N) is 5. The molecule has 6 heterocycles. The smallest absolute Gasteiger partial charge is 0.255 e. The molecule has 0 radical (unpaired) electrons.